The summed E-state index contributed by atoms with van der Waals surface area (Å²) in [5.74, 6) is -1.26. The number of halogens is 3. The topological polar surface area (TPSA) is 132 Å². The Morgan fingerprint density at radius 3 is 2.39 bits per heavy atom. The predicted molar refractivity (Wildman–Crippen MR) is 51.4 cm³/mol. The van der Waals surface area contributed by atoms with E-state index >= 15 is 0 Å². The summed E-state index contributed by atoms with van der Waals surface area (Å²) in [6.45, 7) is 0. The quantitative estimate of drug-likeness (QED) is 0.789. The van der Waals surface area contributed by atoms with E-state index in [1.807, 2.05) is 0 Å². The highest BCUT2D eigenvalue weighted by Crippen LogP contribution is 2.33. The summed E-state index contributed by atoms with van der Waals surface area (Å²) in [6, 6.07) is 2.15. The number of nitrogens with zero attached hydrogens (tertiary/aromatic N) is 2. The van der Waals surface area contributed by atoms with Gasteiger partial charge in [0.25, 0.3) is 10.0 Å². The molecule has 0 saturated carbocycles. The smallest absolute Gasteiger partial charge is 0.400 e. The fourth-order valence-electron chi connectivity index (χ4n) is 0.997. The molecule has 4 N–H and O–H groups in total. The summed E-state index contributed by atoms with van der Waals surface area (Å²) in [7, 11) is -4.63. The van der Waals surface area contributed by atoms with Crippen molar-refractivity contribution in [2.45, 2.75) is 11.4 Å². The number of nitrogen functional groups attached to an aromatic ring is 1. The van der Waals surface area contributed by atoms with E-state index in [-0.39, 0.29) is 0 Å². The highest BCUT2D eigenvalue weighted by molar-refractivity contribution is 7.89. The number of primary sulfonamides is 1. The molecule has 0 aliphatic heterocycles. The molecule has 0 saturated heterocycles. The van der Waals surface area contributed by atoms with Crippen LogP contribution in [0.1, 0.15) is 5.69 Å². The molecule has 7 nitrogen and oxygen atoms in total. The van der Waals surface area contributed by atoms with E-state index in [0.717, 1.165) is 6.07 Å². The van der Waals surface area contributed by atoms with Crippen molar-refractivity contribution >= 4 is 15.7 Å². The number of anilines is 1. The van der Waals surface area contributed by atoms with Crippen LogP contribution in [0.4, 0.5) is 18.9 Å². The van der Waals surface area contributed by atoms with Gasteiger partial charge in [-0.2, -0.15) is 5.26 Å². The van der Waals surface area contributed by atoms with Crippen molar-refractivity contribution in [2.75, 3.05) is 5.73 Å². The van der Waals surface area contributed by atoms with Crippen molar-refractivity contribution in [3.05, 3.63) is 11.8 Å². The highest BCUT2D eigenvalue weighted by Gasteiger charge is 2.35. The van der Waals surface area contributed by atoms with E-state index in [2.05, 4.69) is 14.9 Å². The molecule has 0 atom stereocenters. The monoisotopic (exact) mass is 282 g/mol. The predicted octanol–water partition coefficient (Wildman–Crippen LogP) is 0.0815. The molecule has 18 heavy (non-hydrogen) atoms. The van der Waals surface area contributed by atoms with Crippen molar-refractivity contribution in [1.29, 1.82) is 5.26 Å². The molecule has 0 amide bonds. The van der Waals surface area contributed by atoms with E-state index in [4.69, 9.17) is 11.0 Å². The number of pyridine rings is 1. The first-order valence-corrected chi connectivity index (χ1v) is 5.58. The van der Waals surface area contributed by atoms with Crippen LogP contribution in [0.5, 0.6) is 5.75 Å². The number of ether oxygens (including phenoxy) is 1. The zero-order chi connectivity index (χ0) is 14.1. The van der Waals surface area contributed by atoms with E-state index < -0.39 is 38.5 Å². The lowest BCUT2D eigenvalue weighted by molar-refractivity contribution is -0.275. The lowest BCUT2D eigenvalue weighted by Gasteiger charge is -2.13. The minimum atomic E-state index is -5.18. The minimum absolute atomic E-state index is 0.508. The molecule has 0 fully saturated rings. The van der Waals surface area contributed by atoms with E-state index in [1.165, 1.54) is 6.07 Å². The standard InChI is InChI=1S/C7H5F3N4O3S/c8-7(9,10)17-5-4(12)1-3(2-11)14-6(5)18(13,15)16/h1H,(H2,12,14)(H2,13,15,16). The molecule has 0 spiro atoms. The van der Waals surface area contributed by atoms with Gasteiger partial charge in [-0.15, -0.1) is 13.2 Å². The number of alkyl halides is 3. The number of rotatable bonds is 2. The van der Waals surface area contributed by atoms with E-state index in [9.17, 15) is 21.6 Å². The van der Waals surface area contributed by atoms with Crippen molar-refractivity contribution < 1.29 is 26.3 Å². The van der Waals surface area contributed by atoms with Crippen LogP contribution in [0.25, 0.3) is 0 Å². The second-order valence-electron chi connectivity index (χ2n) is 2.94. The summed E-state index contributed by atoms with van der Waals surface area (Å²) in [6.07, 6.45) is -5.18. The molecule has 0 bridgehead atoms. The van der Waals surface area contributed by atoms with Crippen LogP contribution in [0.3, 0.4) is 0 Å². The third-order valence-corrected chi connectivity index (χ3v) is 2.39. The van der Waals surface area contributed by atoms with Gasteiger partial charge in [-0.25, -0.2) is 18.5 Å². The van der Waals surface area contributed by atoms with Gasteiger partial charge in [0.15, 0.2) is 5.75 Å². The number of sulfonamides is 1. The first-order chi connectivity index (χ1) is 8.04. The SMILES string of the molecule is N#Cc1cc(N)c(OC(F)(F)F)c(S(N)(=O)=O)n1. The largest absolute Gasteiger partial charge is 0.573 e. The number of nitrogens with two attached hydrogens (primary N) is 2. The maximum absolute atomic E-state index is 12.1. The van der Waals surface area contributed by atoms with Crippen LogP contribution in [-0.4, -0.2) is 19.8 Å². The Morgan fingerprint density at radius 1 is 1.44 bits per heavy atom. The van der Waals surface area contributed by atoms with Gasteiger partial charge in [0.1, 0.15) is 11.8 Å². The second-order valence-corrected chi connectivity index (χ2v) is 4.41. The summed E-state index contributed by atoms with van der Waals surface area (Å²) in [5.41, 5.74) is 3.94. The number of nitriles is 1. The molecule has 0 radical (unpaired) electrons. The Balaban J connectivity index is 3.55. The van der Waals surface area contributed by atoms with Crippen molar-refractivity contribution in [3.8, 4) is 11.8 Å². The Bertz CT molecular complexity index is 620. The Morgan fingerprint density at radius 2 is 2.00 bits per heavy atom. The average Bonchev–Trinajstić information content (AvgIpc) is 2.17. The average molecular weight is 282 g/mol. The van der Waals surface area contributed by atoms with Crippen LogP contribution in [0.2, 0.25) is 0 Å². The molecule has 1 rings (SSSR count). The number of aromatic nitrogens is 1. The summed E-state index contributed by atoms with van der Waals surface area (Å²) >= 11 is 0. The summed E-state index contributed by atoms with van der Waals surface area (Å²) in [5, 5.41) is 11.9. The van der Waals surface area contributed by atoms with Gasteiger partial charge in [0.05, 0.1) is 5.69 Å². The third kappa shape index (κ3) is 3.22. The molecule has 0 aliphatic rings. The van der Waals surface area contributed by atoms with Gasteiger partial charge in [-0.1, -0.05) is 0 Å². The normalized spacial score (nSPS) is 11.9. The lowest BCUT2D eigenvalue weighted by atomic mass is 10.3. The van der Waals surface area contributed by atoms with Crippen LogP contribution in [0, 0.1) is 11.3 Å². The molecule has 1 aromatic rings. The van der Waals surface area contributed by atoms with Crippen molar-refractivity contribution in [2.24, 2.45) is 5.14 Å². The van der Waals surface area contributed by atoms with Gasteiger partial charge in [-0.3, -0.25) is 0 Å². The summed E-state index contributed by atoms with van der Waals surface area (Å²) in [4.78, 5) is 3.13. The van der Waals surface area contributed by atoms with Gasteiger partial charge >= 0.3 is 6.36 Å². The molecule has 98 valence electrons. The van der Waals surface area contributed by atoms with Gasteiger partial charge < -0.3 is 10.5 Å². The molecule has 11 heteroatoms. The van der Waals surface area contributed by atoms with E-state index in [1.54, 1.807) is 0 Å². The van der Waals surface area contributed by atoms with Crippen molar-refractivity contribution in [3.63, 3.8) is 0 Å². The molecule has 0 aliphatic carbocycles. The van der Waals surface area contributed by atoms with Crippen LogP contribution in [0.15, 0.2) is 11.1 Å². The highest BCUT2D eigenvalue weighted by atomic mass is 32.2. The summed E-state index contributed by atoms with van der Waals surface area (Å²) < 4.78 is 61.8. The molecule has 1 aromatic heterocycles. The Labute approximate surface area is 98.8 Å². The first-order valence-electron chi connectivity index (χ1n) is 4.04. The molecular formula is C7H5F3N4O3S. The maximum Gasteiger partial charge on any atom is 0.573 e. The van der Waals surface area contributed by atoms with Crippen LogP contribution >= 0.6 is 0 Å². The minimum Gasteiger partial charge on any atom is -0.400 e. The number of hydrogen-bond donors (Lipinski definition) is 2. The molecular weight excluding hydrogens is 277 g/mol. The molecule has 0 aromatic carbocycles. The Hall–Kier alpha value is -2.06. The second kappa shape index (κ2) is 4.31. The fraction of sp³-hybridized carbons (Fsp3) is 0.143. The number of hydrogen-bond acceptors (Lipinski definition) is 6. The van der Waals surface area contributed by atoms with Gasteiger partial charge in [-0.05, 0) is 0 Å². The van der Waals surface area contributed by atoms with Gasteiger partial charge in [0.2, 0.25) is 5.03 Å². The lowest BCUT2D eigenvalue weighted by Crippen LogP contribution is -2.23. The molecule has 0 unspecified atom stereocenters. The van der Waals surface area contributed by atoms with Crippen molar-refractivity contribution in [1.82, 2.24) is 4.98 Å². The first kappa shape index (κ1) is 14.0. The van der Waals surface area contributed by atoms with Crippen LogP contribution < -0.4 is 15.6 Å². The third-order valence-electron chi connectivity index (χ3n) is 1.57. The zero-order valence-electron chi connectivity index (χ0n) is 8.39. The van der Waals surface area contributed by atoms with Crippen LogP contribution in [-0.2, 0) is 10.0 Å². The fourth-order valence-corrected chi connectivity index (χ4v) is 1.64. The maximum atomic E-state index is 12.1. The Kier molecular flexibility index (Phi) is 3.36. The van der Waals surface area contributed by atoms with Gasteiger partial charge in [0, 0.05) is 6.07 Å². The molecule has 1 heterocycles. The van der Waals surface area contributed by atoms with E-state index in [0.29, 0.717) is 0 Å². The zero-order valence-corrected chi connectivity index (χ0v) is 9.21.